The van der Waals surface area contributed by atoms with Crippen LogP contribution in [-0.4, -0.2) is 22.7 Å². The molecule has 0 saturated carbocycles. The van der Waals surface area contributed by atoms with Gasteiger partial charge in [-0.2, -0.15) is 0 Å². The standard InChI is InChI=1S/C24H14Cl4N4O3/c25-10-5-11(26)7-13(6-10)32-21(33)17-18(22(32)34)24(31-20(17)16-3-1-2-4-29-16)14-8-12(27)9-15(28)19(14)30-23(24)35/h1-9,17-18,20,31H,(H,30,35). The number of carbonyl (C=O) groups is 3. The monoisotopic (exact) mass is 546 g/mol. The summed E-state index contributed by atoms with van der Waals surface area (Å²) in [6, 6.07) is 12.1. The van der Waals surface area contributed by atoms with Crippen molar-refractivity contribution in [2.75, 3.05) is 10.2 Å². The largest absolute Gasteiger partial charge is 0.323 e. The van der Waals surface area contributed by atoms with Gasteiger partial charge < -0.3 is 5.32 Å². The van der Waals surface area contributed by atoms with E-state index >= 15 is 0 Å². The van der Waals surface area contributed by atoms with Gasteiger partial charge in [0.2, 0.25) is 17.7 Å². The summed E-state index contributed by atoms with van der Waals surface area (Å²) in [6.45, 7) is 0. The van der Waals surface area contributed by atoms with E-state index in [4.69, 9.17) is 46.4 Å². The molecule has 35 heavy (non-hydrogen) atoms. The first-order chi connectivity index (χ1) is 16.7. The summed E-state index contributed by atoms with van der Waals surface area (Å²) in [4.78, 5) is 46.9. The first-order valence-electron chi connectivity index (χ1n) is 10.6. The van der Waals surface area contributed by atoms with E-state index in [0.29, 0.717) is 22.0 Å². The highest BCUT2D eigenvalue weighted by Gasteiger charge is 2.71. The van der Waals surface area contributed by atoms with Crippen LogP contribution < -0.4 is 15.5 Å². The van der Waals surface area contributed by atoms with Gasteiger partial charge >= 0.3 is 0 Å². The van der Waals surface area contributed by atoms with Crippen molar-refractivity contribution in [2.24, 2.45) is 11.8 Å². The number of hydrogen-bond donors (Lipinski definition) is 2. The molecule has 0 aliphatic carbocycles. The lowest BCUT2D eigenvalue weighted by molar-refractivity contribution is -0.130. The van der Waals surface area contributed by atoms with Crippen molar-refractivity contribution in [3.8, 4) is 0 Å². The van der Waals surface area contributed by atoms with E-state index in [9.17, 15) is 14.4 Å². The number of imide groups is 1. The fourth-order valence-corrected chi connectivity index (χ4v) is 6.50. The van der Waals surface area contributed by atoms with Crippen LogP contribution in [0, 0.1) is 11.8 Å². The molecule has 6 rings (SSSR count). The van der Waals surface area contributed by atoms with Crippen LogP contribution in [0.2, 0.25) is 20.1 Å². The second-order valence-corrected chi connectivity index (χ2v) is 10.3. The van der Waals surface area contributed by atoms with Crippen molar-refractivity contribution < 1.29 is 14.4 Å². The number of pyridine rings is 1. The smallest absolute Gasteiger partial charge is 0.250 e. The highest BCUT2D eigenvalue weighted by molar-refractivity contribution is 6.38. The van der Waals surface area contributed by atoms with Crippen LogP contribution in [0.5, 0.6) is 0 Å². The number of halogens is 4. The van der Waals surface area contributed by atoms with E-state index in [-0.39, 0.29) is 20.8 Å². The van der Waals surface area contributed by atoms with Crippen molar-refractivity contribution in [2.45, 2.75) is 11.6 Å². The maximum Gasteiger partial charge on any atom is 0.250 e. The average molecular weight is 548 g/mol. The molecule has 3 aliphatic rings. The van der Waals surface area contributed by atoms with Crippen LogP contribution in [0.1, 0.15) is 17.3 Å². The molecule has 4 atom stereocenters. The molecule has 1 aromatic heterocycles. The summed E-state index contributed by atoms with van der Waals surface area (Å²) >= 11 is 25.0. The molecule has 4 unspecified atom stereocenters. The van der Waals surface area contributed by atoms with E-state index in [1.54, 1.807) is 30.5 Å². The Kier molecular flexibility index (Phi) is 5.15. The lowest BCUT2D eigenvalue weighted by Crippen LogP contribution is -2.52. The van der Waals surface area contributed by atoms with E-state index in [1.807, 2.05) is 0 Å². The number of nitrogens with zero attached hydrogens (tertiary/aromatic N) is 2. The molecule has 2 fully saturated rings. The normalized spacial score (nSPS) is 26.9. The number of aromatic nitrogens is 1. The zero-order valence-corrected chi connectivity index (χ0v) is 20.6. The van der Waals surface area contributed by atoms with Crippen LogP contribution in [0.25, 0.3) is 0 Å². The third kappa shape index (κ3) is 3.16. The highest BCUT2D eigenvalue weighted by Crippen LogP contribution is 2.58. The third-order valence-electron chi connectivity index (χ3n) is 6.75. The Morgan fingerprint density at radius 1 is 0.886 bits per heavy atom. The molecule has 2 saturated heterocycles. The molecule has 2 aromatic carbocycles. The fourth-order valence-electron chi connectivity index (χ4n) is 5.45. The Morgan fingerprint density at radius 3 is 2.29 bits per heavy atom. The lowest BCUT2D eigenvalue weighted by atomic mass is 9.76. The number of hydrogen-bond acceptors (Lipinski definition) is 5. The molecule has 4 heterocycles. The fraction of sp³-hybridized carbons (Fsp3) is 0.167. The second-order valence-electron chi connectivity index (χ2n) is 8.59. The zero-order valence-electron chi connectivity index (χ0n) is 17.6. The van der Waals surface area contributed by atoms with E-state index < -0.39 is 41.1 Å². The quantitative estimate of drug-likeness (QED) is 0.441. The topological polar surface area (TPSA) is 91.4 Å². The molecule has 176 valence electrons. The third-order valence-corrected chi connectivity index (χ3v) is 7.70. The molecule has 3 aliphatic heterocycles. The summed E-state index contributed by atoms with van der Waals surface area (Å²) in [7, 11) is 0. The number of anilines is 2. The van der Waals surface area contributed by atoms with Crippen LogP contribution in [0.3, 0.4) is 0 Å². The van der Waals surface area contributed by atoms with Gasteiger partial charge in [-0.25, -0.2) is 4.90 Å². The predicted octanol–water partition coefficient (Wildman–Crippen LogP) is 4.99. The van der Waals surface area contributed by atoms with Gasteiger partial charge in [-0.05, 0) is 42.5 Å². The van der Waals surface area contributed by atoms with Crippen LogP contribution in [-0.2, 0) is 19.9 Å². The molecule has 7 nitrogen and oxygen atoms in total. The zero-order chi connectivity index (χ0) is 24.6. The average Bonchev–Trinajstić information content (AvgIpc) is 3.39. The molecule has 1 spiro atoms. The Bertz CT molecular complexity index is 1430. The Labute approximate surface area is 219 Å². The summed E-state index contributed by atoms with van der Waals surface area (Å²) < 4.78 is 0. The molecule has 2 N–H and O–H groups in total. The molecule has 11 heteroatoms. The summed E-state index contributed by atoms with van der Waals surface area (Å²) in [6.07, 6.45) is 1.59. The summed E-state index contributed by atoms with van der Waals surface area (Å²) in [5.74, 6) is -3.60. The maximum atomic E-state index is 14.0. The van der Waals surface area contributed by atoms with Gasteiger partial charge in [-0.1, -0.05) is 52.5 Å². The van der Waals surface area contributed by atoms with Gasteiger partial charge in [0.15, 0.2) is 0 Å². The van der Waals surface area contributed by atoms with Gasteiger partial charge in [-0.15, -0.1) is 0 Å². The second kappa shape index (κ2) is 7.91. The van der Waals surface area contributed by atoms with E-state index in [1.165, 1.54) is 24.3 Å². The number of carbonyl (C=O) groups excluding carboxylic acids is 3. The van der Waals surface area contributed by atoms with Crippen molar-refractivity contribution in [3.63, 3.8) is 0 Å². The molecule has 0 bridgehead atoms. The van der Waals surface area contributed by atoms with Gasteiger partial charge in [0.05, 0.1) is 40.0 Å². The van der Waals surface area contributed by atoms with Crippen molar-refractivity contribution in [1.29, 1.82) is 0 Å². The molecular formula is C24H14Cl4N4O3. The Morgan fingerprint density at radius 2 is 1.60 bits per heavy atom. The minimum absolute atomic E-state index is 0.226. The number of amides is 3. The molecule has 3 aromatic rings. The maximum absolute atomic E-state index is 14.0. The Hall–Kier alpha value is -2.68. The predicted molar refractivity (Wildman–Crippen MR) is 133 cm³/mol. The van der Waals surface area contributed by atoms with Crippen LogP contribution >= 0.6 is 46.4 Å². The minimum atomic E-state index is -1.60. The molecule has 3 amide bonds. The molecule has 0 radical (unpaired) electrons. The van der Waals surface area contributed by atoms with Crippen LogP contribution in [0.15, 0.2) is 54.7 Å². The first-order valence-corrected chi connectivity index (χ1v) is 12.1. The van der Waals surface area contributed by atoms with Crippen molar-refractivity contribution in [1.82, 2.24) is 10.3 Å². The SMILES string of the molecule is O=C1C2C(c3ccccn3)NC3(C(=O)Nc4c(Cl)cc(Cl)cc43)C2C(=O)N1c1cc(Cl)cc(Cl)c1. The first kappa shape index (κ1) is 22.8. The lowest BCUT2D eigenvalue weighted by Gasteiger charge is -2.29. The van der Waals surface area contributed by atoms with Crippen molar-refractivity contribution in [3.05, 3.63) is 86.1 Å². The van der Waals surface area contributed by atoms with Gasteiger partial charge in [0, 0.05) is 26.8 Å². The summed E-state index contributed by atoms with van der Waals surface area (Å²) in [5, 5.41) is 7.12. The molecular weight excluding hydrogens is 534 g/mol. The minimum Gasteiger partial charge on any atom is -0.323 e. The number of benzene rings is 2. The van der Waals surface area contributed by atoms with E-state index in [2.05, 4.69) is 15.6 Å². The number of rotatable bonds is 2. The highest BCUT2D eigenvalue weighted by atomic mass is 35.5. The van der Waals surface area contributed by atoms with Gasteiger partial charge in [0.25, 0.3) is 0 Å². The van der Waals surface area contributed by atoms with Crippen molar-refractivity contribution >= 4 is 75.5 Å². The number of nitrogens with one attached hydrogen (secondary N) is 2. The Balaban J connectivity index is 1.58. The van der Waals surface area contributed by atoms with E-state index in [0.717, 1.165) is 4.90 Å². The van der Waals surface area contributed by atoms with Gasteiger partial charge in [0.1, 0.15) is 5.54 Å². The van der Waals surface area contributed by atoms with Gasteiger partial charge in [-0.3, -0.25) is 24.7 Å². The summed E-state index contributed by atoms with van der Waals surface area (Å²) in [5.41, 5.74) is -0.106. The number of fused-ring (bicyclic) bond motifs is 4. The van der Waals surface area contributed by atoms with Crippen LogP contribution in [0.4, 0.5) is 11.4 Å².